The Balaban J connectivity index is 1.41. The van der Waals surface area contributed by atoms with E-state index in [2.05, 4.69) is 54.5 Å². The molecule has 1 amide bonds. The molecular weight excluding hydrogens is 483 g/mol. The Morgan fingerprint density at radius 2 is 2.05 bits per heavy atom. The van der Waals surface area contributed by atoms with Gasteiger partial charge in [0.2, 0.25) is 0 Å². The van der Waals surface area contributed by atoms with Gasteiger partial charge in [0.25, 0.3) is 5.91 Å². The van der Waals surface area contributed by atoms with Crippen LogP contribution in [-0.2, 0) is 16.8 Å². The van der Waals surface area contributed by atoms with E-state index >= 15 is 0 Å². The van der Waals surface area contributed by atoms with Gasteiger partial charge in [0.1, 0.15) is 17.3 Å². The Morgan fingerprint density at radius 3 is 2.82 bits per heavy atom. The number of nitrogens with zero attached hydrogens (tertiary/aromatic N) is 4. The fraction of sp³-hybridized carbons (Fsp3) is 0.345. The first kappa shape index (κ1) is 24.5. The first-order chi connectivity index (χ1) is 18.2. The highest BCUT2D eigenvalue weighted by Gasteiger charge is 2.33. The second kappa shape index (κ2) is 9.18. The third-order valence-electron chi connectivity index (χ3n) is 7.97. The third-order valence-corrected chi connectivity index (χ3v) is 7.97. The van der Waals surface area contributed by atoms with E-state index in [4.69, 9.17) is 9.72 Å². The maximum Gasteiger partial charge on any atom is 0.254 e. The number of hydrogen-bond acceptors (Lipinski definition) is 6. The van der Waals surface area contributed by atoms with E-state index in [0.29, 0.717) is 41.8 Å². The van der Waals surface area contributed by atoms with Crippen molar-refractivity contribution >= 4 is 23.1 Å². The molecule has 0 aliphatic carbocycles. The van der Waals surface area contributed by atoms with Crippen molar-refractivity contribution in [2.75, 3.05) is 32.6 Å². The number of anilines is 2. The van der Waals surface area contributed by atoms with Crippen LogP contribution in [0.5, 0.6) is 0 Å². The van der Waals surface area contributed by atoms with Crippen molar-refractivity contribution in [1.29, 1.82) is 0 Å². The van der Waals surface area contributed by atoms with Gasteiger partial charge in [-0.15, -0.1) is 0 Å². The predicted molar refractivity (Wildman–Crippen MR) is 144 cm³/mol. The number of halogens is 1. The lowest BCUT2D eigenvalue weighted by Crippen LogP contribution is -2.37. The van der Waals surface area contributed by atoms with Crippen molar-refractivity contribution in [2.45, 2.75) is 38.3 Å². The number of carbonyl (C=O) groups excluding carboxylic acids is 1. The summed E-state index contributed by atoms with van der Waals surface area (Å²) in [6.45, 7) is 6.21. The number of carbonyl (C=O) groups is 1. The molecule has 9 heteroatoms. The summed E-state index contributed by atoms with van der Waals surface area (Å²) in [5, 5.41) is 6.39. The molecule has 38 heavy (non-hydrogen) atoms. The number of benzene rings is 1. The molecule has 3 aromatic heterocycles. The van der Waals surface area contributed by atoms with Gasteiger partial charge in [-0.05, 0) is 63.7 Å². The summed E-state index contributed by atoms with van der Waals surface area (Å²) in [4.78, 5) is 24.6. The summed E-state index contributed by atoms with van der Waals surface area (Å²) in [7, 11) is 4.11. The second-order valence-corrected chi connectivity index (χ2v) is 10.7. The molecule has 6 rings (SSSR count). The molecule has 0 radical (unpaired) electrons. The molecule has 1 saturated heterocycles. The van der Waals surface area contributed by atoms with Crippen LogP contribution in [0.3, 0.4) is 0 Å². The number of rotatable bonds is 6. The first-order valence-electron chi connectivity index (χ1n) is 12.8. The van der Waals surface area contributed by atoms with Gasteiger partial charge in [-0.2, -0.15) is 0 Å². The van der Waals surface area contributed by atoms with Crippen LogP contribution in [0.15, 0.2) is 48.8 Å². The highest BCUT2D eigenvalue weighted by molar-refractivity contribution is 6.06. The quantitative estimate of drug-likeness (QED) is 0.384. The lowest BCUT2D eigenvalue weighted by atomic mass is 9.87. The van der Waals surface area contributed by atoms with Gasteiger partial charge in [-0.25, -0.2) is 14.4 Å². The number of fused-ring (bicyclic) bond motifs is 2. The maximum atomic E-state index is 13.7. The summed E-state index contributed by atoms with van der Waals surface area (Å²) in [5.74, 6) is 0.515. The van der Waals surface area contributed by atoms with Crippen molar-refractivity contribution in [3.05, 3.63) is 77.0 Å². The number of aromatic nitrogens is 3. The molecule has 0 spiro atoms. The lowest BCUT2D eigenvalue weighted by molar-refractivity contribution is 0.0966. The number of ether oxygens (including phenoxy) is 1. The van der Waals surface area contributed by atoms with Crippen LogP contribution in [0.25, 0.3) is 16.9 Å². The molecule has 5 heterocycles. The molecule has 0 unspecified atom stereocenters. The molecule has 196 valence electrons. The van der Waals surface area contributed by atoms with Crippen molar-refractivity contribution in [3.8, 4) is 11.3 Å². The molecule has 4 aromatic rings. The fourth-order valence-corrected chi connectivity index (χ4v) is 5.34. The highest BCUT2D eigenvalue weighted by atomic mass is 19.1. The molecule has 1 atom stereocenters. The van der Waals surface area contributed by atoms with E-state index in [1.165, 1.54) is 17.7 Å². The van der Waals surface area contributed by atoms with Gasteiger partial charge in [-0.3, -0.25) is 14.1 Å². The second-order valence-electron chi connectivity index (χ2n) is 10.7. The zero-order valence-corrected chi connectivity index (χ0v) is 22.0. The standard InChI is InChI=1S/C29H31FN6O2/c1-29(2,35(3)4)27-19(17-10-12-38-16-17)6-8-24(34-27)33-22-7-5-20(21-14-32-28(37)26(21)22)23-15-31-25-13-18(30)9-11-36(23)25/h5-9,11,13,15,17H,10,12,14,16H2,1-4H3,(H,32,37)(H,33,34)/t17-/m1/s1. The van der Waals surface area contributed by atoms with E-state index in [-0.39, 0.29) is 17.3 Å². The molecule has 2 aliphatic heterocycles. The van der Waals surface area contributed by atoms with Crippen molar-refractivity contribution in [3.63, 3.8) is 0 Å². The number of amides is 1. The van der Waals surface area contributed by atoms with Gasteiger partial charge < -0.3 is 15.4 Å². The largest absolute Gasteiger partial charge is 0.381 e. The van der Waals surface area contributed by atoms with Gasteiger partial charge in [0.15, 0.2) is 0 Å². The lowest BCUT2D eigenvalue weighted by Gasteiger charge is -2.35. The van der Waals surface area contributed by atoms with Crippen molar-refractivity contribution in [1.82, 2.24) is 24.6 Å². The predicted octanol–water partition coefficient (Wildman–Crippen LogP) is 4.82. The zero-order chi connectivity index (χ0) is 26.6. The highest BCUT2D eigenvalue weighted by Crippen LogP contribution is 2.38. The Morgan fingerprint density at radius 1 is 1.21 bits per heavy atom. The Labute approximate surface area is 220 Å². The molecule has 1 aromatic carbocycles. The fourth-order valence-electron chi connectivity index (χ4n) is 5.34. The minimum atomic E-state index is -0.341. The summed E-state index contributed by atoms with van der Waals surface area (Å²) < 4.78 is 21.2. The summed E-state index contributed by atoms with van der Waals surface area (Å²) >= 11 is 0. The zero-order valence-electron chi connectivity index (χ0n) is 22.0. The van der Waals surface area contributed by atoms with Crippen LogP contribution in [0.2, 0.25) is 0 Å². The van der Waals surface area contributed by atoms with Crippen LogP contribution in [0, 0.1) is 5.82 Å². The smallest absolute Gasteiger partial charge is 0.254 e. The molecule has 8 nitrogen and oxygen atoms in total. The van der Waals surface area contributed by atoms with Crippen molar-refractivity contribution < 1.29 is 13.9 Å². The first-order valence-corrected chi connectivity index (χ1v) is 12.8. The van der Waals surface area contributed by atoms with Crippen molar-refractivity contribution in [2.24, 2.45) is 0 Å². The summed E-state index contributed by atoms with van der Waals surface area (Å²) in [5.41, 5.74) is 6.24. The molecular formula is C29H31FN6O2. The molecule has 1 fully saturated rings. The topological polar surface area (TPSA) is 83.8 Å². The summed E-state index contributed by atoms with van der Waals surface area (Å²) in [6, 6.07) is 10.8. The minimum absolute atomic E-state index is 0.141. The SMILES string of the molecule is CN(C)C(C)(C)c1nc(Nc2ccc(-c3cnc4cc(F)ccn34)c3c2C(=O)NC3)ccc1[C@@H]1CCOC1. The van der Waals surface area contributed by atoms with Gasteiger partial charge in [0.05, 0.1) is 41.0 Å². The van der Waals surface area contributed by atoms with Crippen LogP contribution < -0.4 is 10.6 Å². The van der Waals surface area contributed by atoms with Crippen LogP contribution in [0.4, 0.5) is 15.9 Å². The van der Waals surface area contributed by atoms with E-state index in [1.807, 2.05) is 22.6 Å². The average molecular weight is 515 g/mol. The van der Waals surface area contributed by atoms with E-state index in [9.17, 15) is 9.18 Å². The van der Waals surface area contributed by atoms with Gasteiger partial charge in [0, 0.05) is 36.9 Å². The molecule has 2 N–H and O–H groups in total. The maximum absolute atomic E-state index is 13.7. The normalized spacial score (nSPS) is 17.3. The Kier molecular flexibility index (Phi) is 5.92. The van der Waals surface area contributed by atoms with Crippen LogP contribution in [-0.4, -0.2) is 52.5 Å². The average Bonchev–Trinajstić information content (AvgIpc) is 3.65. The number of pyridine rings is 2. The van der Waals surface area contributed by atoms with E-state index in [0.717, 1.165) is 35.5 Å². The minimum Gasteiger partial charge on any atom is -0.381 e. The van der Waals surface area contributed by atoms with E-state index in [1.54, 1.807) is 12.4 Å². The van der Waals surface area contributed by atoms with E-state index < -0.39 is 0 Å². The summed E-state index contributed by atoms with van der Waals surface area (Å²) in [6.07, 6.45) is 4.35. The Bertz CT molecular complexity index is 1550. The van der Waals surface area contributed by atoms with Gasteiger partial charge in [-0.1, -0.05) is 12.1 Å². The molecule has 0 bridgehead atoms. The molecule has 2 aliphatic rings. The number of imidazole rings is 1. The Hall–Kier alpha value is -3.82. The monoisotopic (exact) mass is 514 g/mol. The third kappa shape index (κ3) is 4.02. The molecule has 0 saturated carbocycles. The number of hydrogen-bond donors (Lipinski definition) is 2. The van der Waals surface area contributed by atoms with Gasteiger partial charge >= 0.3 is 0 Å². The van der Waals surface area contributed by atoms with Crippen LogP contribution >= 0.6 is 0 Å². The number of nitrogens with one attached hydrogen (secondary N) is 2. The van der Waals surface area contributed by atoms with Crippen LogP contribution in [0.1, 0.15) is 53.4 Å².